The van der Waals surface area contributed by atoms with Gasteiger partial charge < -0.3 is 4.74 Å². The lowest BCUT2D eigenvalue weighted by Crippen LogP contribution is -2.18. The van der Waals surface area contributed by atoms with Gasteiger partial charge >= 0.3 is 0 Å². The zero-order chi connectivity index (χ0) is 6.43. The molecule has 1 saturated heterocycles. The maximum atomic E-state index is 5.80. The lowest BCUT2D eigenvalue weighted by molar-refractivity contribution is 0.378. The Morgan fingerprint density at radius 1 is 1.00 bits per heavy atom. The highest BCUT2D eigenvalue weighted by atomic mass is 35.5. The summed E-state index contributed by atoms with van der Waals surface area (Å²) in [5.41, 5.74) is 0. The van der Waals surface area contributed by atoms with Crippen LogP contribution in [0.1, 0.15) is 0 Å². The summed E-state index contributed by atoms with van der Waals surface area (Å²) in [6.07, 6.45) is 4.18. The summed E-state index contributed by atoms with van der Waals surface area (Å²) in [5.74, 6) is 0. The van der Waals surface area contributed by atoms with Crippen molar-refractivity contribution in [2.45, 2.75) is 23.0 Å². The quantitative estimate of drug-likeness (QED) is 0.301. The molecule has 0 saturated carbocycles. The number of rotatable bonds is 0. The maximum absolute atomic E-state index is 5.80. The molecular formula is C6H6Cl2O. The van der Waals surface area contributed by atoms with E-state index in [-0.39, 0.29) is 23.0 Å². The van der Waals surface area contributed by atoms with Crippen molar-refractivity contribution in [3.8, 4) is 0 Å². The van der Waals surface area contributed by atoms with Gasteiger partial charge in [0.05, 0.1) is 10.8 Å². The van der Waals surface area contributed by atoms with Gasteiger partial charge in [-0.2, -0.15) is 0 Å². The molecular weight excluding hydrogens is 159 g/mol. The van der Waals surface area contributed by atoms with E-state index in [1.807, 2.05) is 12.2 Å². The van der Waals surface area contributed by atoms with E-state index >= 15 is 0 Å². The molecule has 2 rings (SSSR count). The molecule has 0 unspecified atom stereocenters. The SMILES string of the molecule is Cl[C@@H]1C=C[C@H](Cl)[C@@H]2O[C@@H]21. The minimum absolute atomic E-state index is 0.0463. The summed E-state index contributed by atoms with van der Waals surface area (Å²) in [6.45, 7) is 0. The molecule has 0 N–H and O–H groups in total. The fraction of sp³-hybridized carbons (Fsp3) is 0.667. The largest absolute Gasteiger partial charge is 0.366 e. The van der Waals surface area contributed by atoms with Crippen molar-refractivity contribution in [1.29, 1.82) is 0 Å². The number of halogens is 2. The highest BCUT2D eigenvalue weighted by Gasteiger charge is 2.49. The van der Waals surface area contributed by atoms with E-state index in [1.54, 1.807) is 0 Å². The molecule has 2 aliphatic rings. The van der Waals surface area contributed by atoms with Gasteiger partial charge in [0.25, 0.3) is 0 Å². The van der Waals surface area contributed by atoms with Crippen molar-refractivity contribution in [3.05, 3.63) is 12.2 Å². The smallest absolute Gasteiger partial charge is 0.106 e. The van der Waals surface area contributed by atoms with Gasteiger partial charge in [-0.1, -0.05) is 12.2 Å². The van der Waals surface area contributed by atoms with E-state index in [0.29, 0.717) is 0 Å². The molecule has 0 aromatic rings. The van der Waals surface area contributed by atoms with Crippen LogP contribution < -0.4 is 0 Å². The molecule has 1 heterocycles. The van der Waals surface area contributed by atoms with Crippen LogP contribution in [0.25, 0.3) is 0 Å². The number of epoxide rings is 1. The average molecular weight is 165 g/mol. The highest BCUT2D eigenvalue weighted by molar-refractivity contribution is 6.25. The molecule has 4 atom stereocenters. The molecule has 1 aliphatic heterocycles. The first-order chi connectivity index (χ1) is 4.29. The van der Waals surface area contributed by atoms with Crippen molar-refractivity contribution in [2.24, 2.45) is 0 Å². The Kier molecular flexibility index (Phi) is 1.26. The van der Waals surface area contributed by atoms with Gasteiger partial charge in [0, 0.05) is 0 Å². The number of fused-ring (bicyclic) bond motifs is 1. The second-order valence-electron chi connectivity index (χ2n) is 2.34. The predicted octanol–water partition coefficient (Wildman–Crippen LogP) is 1.54. The summed E-state index contributed by atoms with van der Waals surface area (Å²) in [5, 5.41) is 0.0926. The van der Waals surface area contributed by atoms with Crippen molar-refractivity contribution >= 4 is 23.2 Å². The second kappa shape index (κ2) is 1.88. The van der Waals surface area contributed by atoms with E-state index < -0.39 is 0 Å². The standard InChI is InChI=1S/C6H6Cl2O/c7-3-1-2-4(8)6-5(3)9-6/h1-6H/t3-,4+,5-,6+. The van der Waals surface area contributed by atoms with Crippen LogP contribution in [0.2, 0.25) is 0 Å². The topological polar surface area (TPSA) is 12.5 Å². The monoisotopic (exact) mass is 164 g/mol. The van der Waals surface area contributed by atoms with Crippen LogP contribution in [0, 0.1) is 0 Å². The Bertz CT molecular complexity index is 141. The Morgan fingerprint density at radius 2 is 1.44 bits per heavy atom. The first-order valence-electron chi connectivity index (χ1n) is 2.91. The summed E-state index contributed by atoms with van der Waals surface area (Å²) < 4.78 is 5.18. The molecule has 1 fully saturated rings. The van der Waals surface area contributed by atoms with Crippen molar-refractivity contribution < 1.29 is 4.74 Å². The van der Waals surface area contributed by atoms with Gasteiger partial charge in [0.15, 0.2) is 0 Å². The molecule has 1 nitrogen and oxygen atoms in total. The molecule has 3 heteroatoms. The van der Waals surface area contributed by atoms with E-state index in [1.165, 1.54) is 0 Å². The maximum Gasteiger partial charge on any atom is 0.106 e. The second-order valence-corrected chi connectivity index (χ2v) is 3.35. The third-order valence-corrected chi connectivity index (χ3v) is 2.46. The minimum atomic E-state index is 0.0463. The summed E-state index contributed by atoms with van der Waals surface area (Å²) in [6, 6.07) is 0. The molecule has 0 aromatic carbocycles. The van der Waals surface area contributed by atoms with Crippen molar-refractivity contribution in [1.82, 2.24) is 0 Å². The molecule has 0 bridgehead atoms. The van der Waals surface area contributed by atoms with E-state index in [0.717, 1.165) is 0 Å². The third kappa shape index (κ3) is 0.878. The van der Waals surface area contributed by atoms with Gasteiger partial charge in [-0.05, 0) is 0 Å². The lowest BCUT2D eigenvalue weighted by Gasteiger charge is -2.06. The van der Waals surface area contributed by atoms with Crippen LogP contribution in [-0.4, -0.2) is 23.0 Å². The zero-order valence-corrected chi connectivity index (χ0v) is 6.14. The molecule has 50 valence electrons. The Hall–Kier alpha value is 0.280. The number of hydrogen-bond acceptors (Lipinski definition) is 1. The van der Waals surface area contributed by atoms with Crippen molar-refractivity contribution in [2.75, 3.05) is 0 Å². The number of alkyl halides is 2. The van der Waals surface area contributed by atoms with Crippen LogP contribution >= 0.6 is 23.2 Å². The average Bonchev–Trinajstić information content (AvgIpc) is 2.57. The van der Waals surface area contributed by atoms with Gasteiger partial charge in [0.1, 0.15) is 12.2 Å². The minimum Gasteiger partial charge on any atom is -0.366 e. The predicted molar refractivity (Wildman–Crippen MR) is 37.1 cm³/mol. The Balaban J connectivity index is 2.15. The van der Waals surface area contributed by atoms with Gasteiger partial charge in [-0.25, -0.2) is 0 Å². The first-order valence-corrected chi connectivity index (χ1v) is 3.78. The molecule has 1 aliphatic carbocycles. The van der Waals surface area contributed by atoms with E-state index in [4.69, 9.17) is 27.9 Å². The first kappa shape index (κ1) is 6.02. The fourth-order valence-corrected chi connectivity index (χ4v) is 1.65. The lowest BCUT2D eigenvalue weighted by atomic mass is 10.1. The number of ether oxygens (including phenoxy) is 1. The van der Waals surface area contributed by atoms with Gasteiger partial charge in [-0.3, -0.25) is 0 Å². The van der Waals surface area contributed by atoms with Crippen LogP contribution in [0.4, 0.5) is 0 Å². The zero-order valence-electron chi connectivity index (χ0n) is 4.63. The van der Waals surface area contributed by atoms with Crippen LogP contribution in [-0.2, 0) is 4.74 Å². The van der Waals surface area contributed by atoms with Gasteiger partial charge in [-0.15, -0.1) is 23.2 Å². The normalized spacial score (nSPS) is 54.9. The van der Waals surface area contributed by atoms with Gasteiger partial charge in [0.2, 0.25) is 0 Å². The molecule has 0 amide bonds. The highest BCUT2D eigenvalue weighted by Crippen LogP contribution is 2.38. The van der Waals surface area contributed by atoms with E-state index in [9.17, 15) is 0 Å². The van der Waals surface area contributed by atoms with E-state index in [2.05, 4.69) is 0 Å². The Labute approximate surface area is 63.6 Å². The Morgan fingerprint density at radius 3 is 1.89 bits per heavy atom. The molecule has 9 heavy (non-hydrogen) atoms. The summed E-state index contributed by atoms with van der Waals surface area (Å²) in [4.78, 5) is 0. The van der Waals surface area contributed by atoms with Crippen molar-refractivity contribution in [3.63, 3.8) is 0 Å². The van der Waals surface area contributed by atoms with Crippen LogP contribution in [0.15, 0.2) is 12.2 Å². The molecule has 0 spiro atoms. The van der Waals surface area contributed by atoms with Crippen LogP contribution in [0.5, 0.6) is 0 Å². The summed E-state index contributed by atoms with van der Waals surface area (Å²) >= 11 is 11.6. The van der Waals surface area contributed by atoms with Crippen LogP contribution in [0.3, 0.4) is 0 Å². The third-order valence-electron chi connectivity index (χ3n) is 1.67. The molecule has 0 radical (unpaired) electrons. The molecule has 0 aromatic heterocycles. The fourth-order valence-electron chi connectivity index (χ4n) is 1.08. The summed E-state index contributed by atoms with van der Waals surface area (Å²) in [7, 11) is 0. The number of hydrogen-bond donors (Lipinski definition) is 0.